The summed E-state index contributed by atoms with van der Waals surface area (Å²) in [6.07, 6.45) is 5.19. The fraction of sp³-hybridized carbons (Fsp3) is 0.571. The zero-order valence-corrected chi connectivity index (χ0v) is 15.0. The molecule has 0 radical (unpaired) electrons. The van der Waals surface area contributed by atoms with Crippen molar-refractivity contribution in [2.75, 3.05) is 24.4 Å². The minimum Gasteiger partial charge on any atom is -0.323 e. The molecule has 20 heavy (non-hydrogen) atoms. The summed E-state index contributed by atoms with van der Waals surface area (Å²) in [5.41, 5.74) is 2.97. The van der Waals surface area contributed by atoms with Crippen LogP contribution in [0.2, 0.25) is 0 Å². The van der Waals surface area contributed by atoms with Crippen LogP contribution in [-0.2, 0) is 22.1 Å². The third-order valence-electron chi connectivity index (χ3n) is 2.64. The van der Waals surface area contributed by atoms with Crippen molar-refractivity contribution in [1.29, 1.82) is 0 Å². The van der Waals surface area contributed by atoms with Crippen LogP contribution in [0.3, 0.4) is 0 Å². The lowest BCUT2D eigenvalue weighted by molar-refractivity contribution is -0.111. The number of rotatable bonds is 5. The molecule has 6 heteroatoms. The van der Waals surface area contributed by atoms with E-state index in [4.69, 9.17) is 0 Å². The minimum atomic E-state index is 0.265. The number of carbonyl (C=O) groups excluding carboxylic acids is 1. The van der Waals surface area contributed by atoms with Crippen molar-refractivity contribution in [2.45, 2.75) is 27.2 Å². The summed E-state index contributed by atoms with van der Waals surface area (Å²) < 4.78 is 0. The maximum absolute atomic E-state index is 11.8. The van der Waals surface area contributed by atoms with E-state index in [2.05, 4.69) is 27.7 Å². The highest BCUT2D eigenvalue weighted by molar-refractivity contribution is 8.13. The second-order valence-corrected chi connectivity index (χ2v) is 8.19. The average Bonchev–Trinajstić information content (AvgIpc) is 3.02. The number of nitrogens with zero attached hydrogens (tertiary/aromatic N) is 2. The third-order valence-corrected chi connectivity index (χ3v) is 5.82. The quantitative estimate of drug-likeness (QED) is 0.775. The van der Waals surface area contributed by atoms with Crippen LogP contribution in [0.15, 0.2) is 17.1 Å². The molecule has 0 fully saturated rings. The summed E-state index contributed by atoms with van der Waals surface area (Å²) >= 11 is 3.12. The van der Waals surface area contributed by atoms with Gasteiger partial charge >= 0.3 is 0 Å². The molecule has 3 nitrogen and oxygen atoms in total. The molecule has 0 aliphatic carbocycles. The highest BCUT2D eigenvalue weighted by Gasteiger charge is 2.21. The van der Waals surface area contributed by atoms with Gasteiger partial charge in [0.2, 0.25) is 5.12 Å². The van der Waals surface area contributed by atoms with Crippen LogP contribution >= 0.6 is 23.1 Å². The van der Waals surface area contributed by atoms with E-state index in [1.807, 2.05) is 26.3 Å². The van der Waals surface area contributed by atoms with Crippen LogP contribution in [0.5, 0.6) is 0 Å². The van der Waals surface area contributed by atoms with Crippen molar-refractivity contribution in [3.05, 3.63) is 27.7 Å². The summed E-state index contributed by atoms with van der Waals surface area (Å²) in [5.74, 6) is 1.86. The number of thioether (sulfide) groups is 1. The molecule has 0 saturated carbocycles. The molecule has 0 spiro atoms. The topological polar surface area (TPSA) is 33.2 Å². The van der Waals surface area contributed by atoms with Crippen molar-refractivity contribution in [1.82, 2.24) is 9.88 Å². The number of hydrogen-bond donors (Lipinski definition) is 0. The fourth-order valence-corrected chi connectivity index (χ4v) is 4.54. The summed E-state index contributed by atoms with van der Waals surface area (Å²) in [6, 6.07) is 0. The molecular weight excluding hydrogens is 308 g/mol. The van der Waals surface area contributed by atoms with E-state index in [-0.39, 0.29) is 5.12 Å². The molecule has 1 unspecified atom stereocenters. The Balaban J connectivity index is 0.000000956. The van der Waals surface area contributed by atoms with E-state index in [0.717, 1.165) is 23.7 Å². The third kappa shape index (κ3) is 5.89. The van der Waals surface area contributed by atoms with Gasteiger partial charge in [0.25, 0.3) is 0 Å². The Hall–Kier alpha value is -0.460. The summed E-state index contributed by atoms with van der Waals surface area (Å²) in [6.45, 7) is 6.57. The van der Waals surface area contributed by atoms with Gasteiger partial charge in [0, 0.05) is 21.5 Å². The van der Waals surface area contributed by atoms with Gasteiger partial charge in [0.1, 0.15) is 11.7 Å². The summed E-state index contributed by atoms with van der Waals surface area (Å²) in [5, 5.41) is 2.44. The SMILES string of the molecule is CC.Cc1ncsc1CCSC(=O)CN1C=C[S+](C)C1. The lowest BCUT2D eigenvalue weighted by Crippen LogP contribution is -2.24. The standard InChI is InChI=1S/C12H17N2OS3.C2H6/c1-10-11(17-8-13-10)3-5-16-12(15)7-14-4-6-18(2)9-14;1-2/h4,6,8H,3,5,7,9H2,1-2H3;1-2H3/q+1;. The monoisotopic (exact) mass is 331 g/mol. The molecule has 0 N–H and O–H groups in total. The van der Waals surface area contributed by atoms with Gasteiger partial charge in [-0.2, -0.15) is 0 Å². The number of thiazole rings is 1. The van der Waals surface area contributed by atoms with E-state index in [1.165, 1.54) is 16.6 Å². The zero-order valence-electron chi connectivity index (χ0n) is 12.6. The Morgan fingerprint density at radius 2 is 2.30 bits per heavy atom. The normalized spacial score (nSPS) is 17.0. The van der Waals surface area contributed by atoms with Crippen LogP contribution in [0, 0.1) is 6.92 Å². The fourth-order valence-electron chi connectivity index (χ4n) is 1.67. The van der Waals surface area contributed by atoms with Crippen LogP contribution in [0.4, 0.5) is 0 Å². The number of hydrogen-bond acceptors (Lipinski definition) is 5. The molecule has 2 rings (SSSR count). The highest BCUT2D eigenvalue weighted by Crippen LogP contribution is 2.17. The van der Waals surface area contributed by atoms with E-state index in [0.29, 0.717) is 17.4 Å². The Bertz CT molecular complexity index is 445. The van der Waals surface area contributed by atoms with Crippen LogP contribution in [0.1, 0.15) is 24.4 Å². The van der Waals surface area contributed by atoms with Crippen molar-refractivity contribution >= 4 is 39.1 Å². The summed E-state index contributed by atoms with van der Waals surface area (Å²) in [4.78, 5) is 19.4. The molecule has 112 valence electrons. The van der Waals surface area contributed by atoms with Gasteiger partial charge in [-0.3, -0.25) is 4.79 Å². The molecule has 1 aromatic rings. The predicted molar refractivity (Wildman–Crippen MR) is 93.4 cm³/mol. The molecule has 2 heterocycles. The molecule has 1 atom stereocenters. The van der Waals surface area contributed by atoms with Crippen LogP contribution in [-0.4, -0.2) is 39.4 Å². The van der Waals surface area contributed by atoms with Crippen molar-refractivity contribution in [2.24, 2.45) is 0 Å². The average molecular weight is 332 g/mol. The Morgan fingerprint density at radius 1 is 1.55 bits per heavy atom. The Kier molecular flexibility index (Phi) is 8.33. The minimum absolute atomic E-state index is 0.265. The molecular formula is C14H23N2OS3+. The van der Waals surface area contributed by atoms with Gasteiger partial charge in [-0.05, 0) is 13.3 Å². The van der Waals surface area contributed by atoms with E-state index in [9.17, 15) is 4.79 Å². The molecule has 1 aliphatic rings. The molecule has 0 saturated heterocycles. The first-order valence-electron chi connectivity index (χ1n) is 6.73. The van der Waals surface area contributed by atoms with E-state index < -0.39 is 0 Å². The lowest BCUT2D eigenvalue weighted by atomic mass is 10.3. The maximum atomic E-state index is 11.8. The Morgan fingerprint density at radius 3 is 2.85 bits per heavy atom. The second kappa shape index (κ2) is 9.47. The van der Waals surface area contributed by atoms with Crippen LogP contribution in [0.25, 0.3) is 0 Å². The smallest absolute Gasteiger partial charge is 0.208 e. The first-order valence-corrected chi connectivity index (χ1v) is 10.5. The lowest BCUT2D eigenvalue weighted by Gasteiger charge is -2.10. The van der Waals surface area contributed by atoms with Crippen molar-refractivity contribution in [3.63, 3.8) is 0 Å². The largest absolute Gasteiger partial charge is 0.323 e. The van der Waals surface area contributed by atoms with Crippen molar-refractivity contribution in [3.8, 4) is 0 Å². The molecule has 0 aromatic carbocycles. The number of aryl methyl sites for hydroxylation is 2. The van der Waals surface area contributed by atoms with Crippen LogP contribution < -0.4 is 0 Å². The second-order valence-electron chi connectivity index (χ2n) is 4.18. The molecule has 1 aromatic heterocycles. The van der Waals surface area contributed by atoms with Gasteiger partial charge < -0.3 is 4.90 Å². The van der Waals surface area contributed by atoms with Gasteiger partial charge in [-0.25, -0.2) is 4.98 Å². The molecule has 0 amide bonds. The van der Waals surface area contributed by atoms with E-state index in [1.54, 1.807) is 11.3 Å². The van der Waals surface area contributed by atoms with Gasteiger partial charge in [-0.15, -0.1) is 11.3 Å². The summed E-state index contributed by atoms with van der Waals surface area (Å²) in [7, 11) is 0.325. The van der Waals surface area contributed by atoms with Gasteiger partial charge in [0.05, 0.1) is 23.9 Å². The molecule has 1 aliphatic heterocycles. The van der Waals surface area contributed by atoms with E-state index >= 15 is 0 Å². The maximum Gasteiger partial charge on any atom is 0.208 e. The first kappa shape index (κ1) is 17.6. The highest BCUT2D eigenvalue weighted by atomic mass is 32.2. The molecule has 0 bridgehead atoms. The predicted octanol–water partition coefficient (Wildman–Crippen LogP) is 3.27. The Labute approximate surface area is 133 Å². The number of carbonyl (C=O) groups is 1. The first-order chi connectivity index (χ1) is 9.65. The van der Waals surface area contributed by atoms with Gasteiger partial charge in [0.15, 0.2) is 5.88 Å². The zero-order chi connectivity index (χ0) is 15.0. The van der Waals surface area contributed by atoms with Gasteiger partial charge in [-0.1, -0.05) is 25.6 Å². The number of aromatic nitrogens is 1. The van der Waals surface area contributed by atoms with Crippen molar-refractivity contribution < 1.29 is 4.79 Å².